The number of rotatable bonds is 11. The average Bonchev–Trinajstić information content (AvgIpc) is 2.90. The predicted octanol–water partition coefficient (Wildman–Crippen LogP) is 7.29. The lowest BCUT2D eigenvalue weighted by Gasteiger charge is -2.13. The molecule has 3 rings (SSSR count). The van der Waals surface area contributed by atoms with Crippen molar-refractivity contribution in [2.24, 2.45) is 4.99 Å². The molecule has 7 nitrogen and oxygen atoms in total. The van der Waals surface area contributed by atoms with E-state index in [0.29, 0.717) is 45.0 Å². The third-order valence-electron chi connectivity index (χ3n) is 5.39. The van der Waals surface area contributed by atoms with Gasteiger partial charge in [-0.3, -0.25) is 9.79 Å². The van der Waals surface area contributed by atoms with Crippen molar-refractivity contribution >= 4 is 57.4 Å². The molecule has 0 fully saturated rings. The van der Waals surface area contributed by atoms with E-state index in [4.69, 9.17) is 35.3 Å². The number of nitrogens with zero attached hydrogens (tertiary/aromatic N) is 1. The van der Waals surface area contributed by atoms with Gasteiger partial charge in [0.2, 0.25) is 5.75 Å². The molecule has 0 atom stereocenters. The van der Waals surface area contributed by atoms with Crippen molar-refractivity contribution in [3.05, 3.63) is 68.7 Å². The van der Waals surface area contributed by atoms with Crippen LogP contribution in [0.5, 0.6) is 28.7 Å². The lowest BCUT2D eigenvalue weighted by molar-refractivity contribution is 0.100. The normalized spacial score (nSPS) is 11.1. The molecule has 0 radical (unpaired) electrons. The van der Waals surface area contributed by atoms with E-state index in [9.17, 15) is 4.79 Å². The first-order chi connectivity index (χ1) is 17.8. The van der Waals surface area contributed by atoms with Gasteiger partial charge in [-0.25, -0.2) is 0 Å². The van der Waals surface area contributed by atoms with Crippen molar-refractivity contribution in [3.63, 3.8) is 0 Å². The molecule has 0 aromatic heterocycles. The molecule has 3 aromatic carbocycles. The second-order valence-corrected chi connectivity index (χ2v) is 8.90. The first-order valence-corrected chi connectivity index (χ1v) is 12.3. The zero-order valence-electron chi connectivity index (χ0n) is 21.1. The number of carbonyl (C=O) groups is 1. The highest BCUT2D eigenvalue weighted by Gasteiger charge is 2.13. The van der Waals surface area contributed by atoms with E-state index < -0.39 is 0 Å². The highest BCUT2D eigenvalue weighted by Crippen LogP contribution is 2.40. The van der Waals surface area contributed by atoms with Crippen LogP contribution in [-0.4, -0.2) is 47.5 Å². The fourth-order valence-corrected chi connectivity index (χ4v) is 4.46. The Bertz CT molecular complexity index is 1310. The number of carbonyl (C=O) groups excluding carboxylic acids is 1. The number of halogens is 2. The van der Waals surface area contributed by atoms with Crippen molar-refractivity contribution < 1.29 is 28.5 Å². The van der Waals surface area contributed by atoms with E-state index in [0.717, 1.165) is 15.6 Å². The molecule has 0 aliphatic heterocycles. The summed E-state index contributed by atoms with van der Waals surface area (Å²) in [6, 6.07) is 12.4. The van der Waals surface area contributed by atoms with Crippen molar-refractivity contribution in [3.8, 4) is 28.7 Å². The van der Waals surface area contributed by atoms with Gasteiger partial charge in [0.25, 0.3) is 0 Å². The molecule has 0 saturated carbocycles. The van der Waals surface area contributed by atoms with E-state index in [2.05, 4.69) is 20.9 Å². The first kappa shape index (κ1) is 28.1. The van der Waals surface area contributed by atoms with Gasteiger partial charge in [-0.15, -0.1) is 0 Å². The minimum atomic E-state index is -0.121. The van der Waals surface area contributed by atoms with Crippen LogP contribution < -0.4 is 23.7 Å². The molecule has 0 N–H and O–H groups in total. The molecule has 37 heavy (non-hydrogen) atoms. The summed E-state index contributed by atoms with van der Waals surface area (Å²) in [5, 5.41) is 0.377. The fourth-order valence-electron chi connectivity index (χ4n) is 3.57. The number of hydrogen-bond acceptors (Lipinski definition) is 7. The van der Waals surface area contributed by atoms with E-state index in [-0.39, 0.29) is 12.2 Å². The predicted molar refractivity (Wildman–Crippen MR) is 151 cm³/mol. The van der Waals surface area contributed by atoms with Crippen molar-refractivity contribution in [2.75, 3.05) is 35.5 Å². The van der Waals surface area contributed by atoms with Gasteiger partial charge >= 0.3 is 0 Å². The lowest BCUT2D eigenvalue weighted by Crippen LogP contribution is -2.00. The summed E-state index contributed by atoms with van der Waals surface area (Å²) in [5.41, 5.74) is 2.77. The Morgan fingerprint density at radius 1 is 0.811 bits per heavy atom. The molecule has 0 amide bonds. The van der Waals surface area contributed by atoms with Crippen molar-refractivity contribution in [1.29, 1.82) is 0 Å². The summed E-state index contributed by atoms with van der Waals surface area (Å²) in [5.74, 6) is 2.59. The molecule has 0 saturated heterocycles. The van der Waals surface area contributed by atoms with E-state index >= 15 is 0 Å². The molecule has 0 aliphatic carbocycles. The Morgan fingerprint density at radius 2 is 1.41 bits per heavy atom. The number of hydrogen-bond donors (Lipinski definition) is 0. The van der Waals surface area contributed by atoms with Gasteiger partial charge < -0.3 is 23.7 Å². The molecule has 0 heterocycles. The number of benzene rings is 3. The number of ketones is 1. The molecule has 0 bridgehead atoms. The largest absolute Gasteiger partial charge is 0.495 e. The summed E-state index contributed by atoms with van der Waals surface area (Å²) in [4.78, 5) is 17.1. The van der Waals surface area contributed by atoms with Gasteiger partial charge in [0, 0.05) is 18.2 Å². The summed E-state index contributed by atoms with van der Waals surface area (Å²) >= 11 is 9.69. The van der Waals surface area contributed by atoms with Crippen LogP contribution in [-0.2, 0) is 0 Å². The Labute approximate surface area is 229 Å². The topological polar surface area (TPSA) is 75.6 Å². The number of methoxy groups -OCH3 is 5. The SMILES string of the molecule is COc1ccc(C(=O)CC=Nc2cc(/C=C\c3cc(OC)c(OC)c(OC)c3)cc(Br)c2OC)cc1Cl. The molecule has 0 unspecified atom stereocenters. The molecule has 0 aliphatic rings. The third kappa shape index (κ3) is 6.84. The Kier molecular flexibility index (Phi) is 10.00. The standard InChI is InChI=1S/C28H27BrClNO6/c1-33-24-9-8-19(16-21(24)30)23(32)10-11-31-22-13-17(12-20(29)27(22)36-4)6-7-18-14-25(34-2)28(37-5)26(15-18)35-3/h6-9,11-16H,10H2,1-5H3/b7-6-,31-11?. The maximum Gasteiger partial charge on any atom is 0.203 e. The molecule has 9 heteroatoms. The second kappa shape index (κ2) is 13.2. The number of Topliss-reactive ketones (excluding diaryl/α,β-unsaturated/α-hetero) is 1. The summed E-state index contributed by atoms with van der Waals surface area (Å²) in [6.45, 7) is 0. The fraction of sp³-hybridized carbons (Fsp3) is 0.214. The first-order valence-electron chi connectivity index (χ1n) is 11.1. The summed E-state index contributed by atoms with van der Waals surface area (Å²) in [6.07, 6.45) is 5.49. The van der Waals surface area contributed by atoms with Crippen LogP contribution in [0.3, 0.4) is 0 Å². The summed E-state index contributed by atoms with van der Waals surface area (Å²) < 4.78 is 27.6. The molecule has 3 aromatic rings. The Hall–Kier alpha value is -3.49. The zero-order chi connectivity index (χ0) is 26.9. The molecule has 0 spiro atoms. The second-order valence-electron chi connectivity index (χ2n) is 7.64. The lowest BCUT2D eigenvalue weighted by atomic mass is 10.1. The molecular formula is C28H27BrClNO6. The van der Waals surface area contributed by atoms with Crippen LogP contribution in [0.4, 0.5) is 5.69 Å². The quantitative estimate of drug-likeness (QED) is 0.133. The monoisotopic (exact) mass is 587 g/mol. The smallest absolute Gasteiger partial charge is 0.203 e. The number of ether oxygens (including phenoxy) is 5. The minimum absolute atomic E-state index is 0.0922. The van der Waals surface area contributed by atoms with Crippen LogP contribution in [0.1, 0.15) is 27.9 Å². The van der Waals surface area contributed by atoms with Crippen LogP contribution >= 0.6 is 27.5 Å². The molecule has 194 valence electrons. The van der Waals surface area contributed by atoms with Gasteiger partial charge in [0.05, 0.1) is 45.0 Å². The van der Waals surface area contributed by atoms with Crippen molar-refractivity contribution in [1.82, 2.24) is 0 Å². The zero-order valence-corrected chi connectivity index (χ0v) is 23.5. The highest BCUT2D eigenvalue weighted by molar-refractivity contribution is 9.10. The Balaban J connectivity index is 1.84. The minimum Gasteiger partial charge on any atom is -0.495 e. The van der Waals surface area contributed by atoms with Crippen LogP contribution in [0, 0.1) is 0 Å². The van der Waals surface area contributed by atoms with E-state index in [1.807, 2.05) is 36.4 Å². The van der Waals surface area contributed by atoms with Gasteiger partial charge in [0.1, 0.15) is 11.4 Å². The summed E-state index contributed by atoms with van der Waals surface area (Å²) in [7, 11) is 7.80. The number of aliphatic imine (C=N–C) groups is 1. The average molecular weight is 589 g/mol. The van der Waals surface area contributed by atoms with Gasteiger partial charge in [-0.2, -0.15) is 0 Å². The van der Waals surface area contributed by atoms with Gasteiger partial charge in [-0.1, -0.05) is 23.8 Å². The molecular weight excluding hydrogens is 562 g/mol. The van der Waals surface area contributed by atoms with Crippen LogP contribution in [0.15, 0.2) is 51.9 Å². The van der Waals surface area contributed by atoms with E-state index in [1.54, 1.807) is 52.9 Å². The Morgan fingerprint density at radius 3 is 1.95 bits per heavy atom. The van der Waals surface area contributed by atoms with Gasteiger partial charge in [-0.05, 0) is 69.5 Å². The maximum atomic E-state index is 12.6. The van der Waals surface area contributed by atoms with E-state index in [1.165, 1.54) is 7.11 Å². The maximum absolute atomic E-state index is 12.6. The van der Waals surface area contributed by atoms with Crippen LogP contribution in [0.2, 0.25) is 5.02 Å². The highest BCUT2D eigenvalue weighted by atomic mass is 79.9. The third-order valence-corrected chi connectivity index (χ3v) is 6.27. The van der Waals surface area contributed by atoms with Gasteiger partial charge in [0.15, 0.2) is 23.0 Å². The van der Waals surface area contributed by atoms with Crippen LogP contribution in [0.25, 0.3) is 12.2 Å². The van der Waals surface area contributed by atoms with Crippen molar-refractivity contribution in [2.45, 2.75) is 6.42 Å².